The number of pyridine rings is 1. The molecule has 0 saturated carbocycles. The number of hydrogen-bond acceptors (Lipinski definition) is 3. The molecule has 1 aromatic carbocycles. The van der Waals surface area contributed by atoms with Gasteiger partial charge in [0.2, 0.25) is 0 Å². The van der Waals surface area contributed by atoms with Crippen LogP contribution in [0.15, 0.2) is 30.5 Å². The van der Waals surface area contributed by atoms with Crippen molar-refractivity contribution in [3.8, 4) is 11.3 Å². The highest BCUT2D eigenvalue weighted by Crippen LogP contribution is 2.39. The number of piperidine rings is 1. The molecule has 0 atom stereocenters. The monoisotopic (exact) mass is 407 g/mol. The van der Waals surface area contributed by atoms with Crippen molar-refractivity contribution < 1.29 is 9.13 Å². The minimum absolute atomic E-state index is 0.276. The largest absolute Gasteiger partial charge is 0.378 e. The number of aryl methyl sites for hydroxylation is 1. The SMILES string of the molecule is Cc1cc(-c2[nH]c3ccc(C4CCN(C5COC5)CC4)cc3c2C(C)C)c(F)cn1. The van der Waals surface area contributed by atoms with Gasteiger partial charge in [-0.15, -0.1) is 0 Å². The summed E-state index contributed by atoms with van der Waals surface area (Å²) in [5.74, 6) is 0.601. The Morgan fingerprint density at radius 3 is 2.60 bits per heavy atom. The molecule has 5 heteroatoms. The summed E-state index contributed by atoms with van der Waals surface area (Å²) < 4.78 is 20.0. The van der Waals surface area contributed by atoms with Crippen LogP contribution in [-0.2, 0) is 4.74 Å². The second-order valence-corrected chi connectivity index (χ2v) is 9.18. The first kappa shape index (κ1) is 19.7. The van der Waals surface area contributed by atoms with E-state index in [2.05, 4.69) is 46.9 Å². The third-order valence-corrected chi connectivity index (χ3v) is 6.84. The second-order valence-electron chi connectivity index (χ2n) is 9.18. The first-order chi connectivity index (χ1) is 14.5. The normalized spacial score (nSPS) is 19.0. The summed E-state index contributed by atoms with van der Waals surface area (Å²) in [5, 5.41) is 1.22. The first-order valence-electron chi connectivity index (χ1n) is 11.1. The van der Waals surface area contributed by atoms with Crippen molar-refractivity contribution in [3.05, 3.63) is 53.1 Å². The van der Waals surface area contributed by atoms with E-state index in [1.165, 1.54) is 35.6 Å². The molecule has 2 aliphatic heterocycles. The predicted molar refractivity (Wildman–Crippen MR) is 118 cm³/mol. The van der Waals surface area contributed by atoms with Gasteiger partial charge in [-0.05, 0) is 74.0 Å². The van der Waals surface area contributed by atoms with Crippen molar-refractivity contribution in [1.82, 2.24) is 14.9 Å². The van der Waals surface area contributed by atoms with Crippen molar-refractivity contribution in [3.63, 3.8) is 0 Å². The molecule has 4 nitrogen and oxygen atoms in total. The van der Waals surface area contributed by atoms with Crippen LogP contribution >= 0.6 is 0 Å². The van der Waals surface area contributed by atoms with Crippen molar-refractivity contribution in [2.45, 2.75) is 51.5 Å². The number of likely N-dealkylation sites (tertiary alicyclic amines) is 1. The highest BCUT2D eigenvalue weighted by atomic mass is 19.1. The van der Waals surface area contributed by atoms with Crippen LogP contribution in [0.5, 0.6) is 0 Å². The molecule has 2 aliphatic rings. The molecule has 5 rings (SSSR count). The highest BCUT2D eigenvalue weighted by molar-refractivity contribution is 5.92. The molecular formula is C25H30FN3O. The molecule has 1 N–H and O–H groups in total. The average Bonchev–Trinajstić information content (AvgIpc) is 3.08. The minimum Gasteiger partial charge on any atom is -0.378 e. The van der Waals surface area contributed by atoms with Crippen LogP contribution in [0, 0.1) is 12.7 Å². The molecule has 2 saturated heterocycles. The molecule has 0 spiro atoms. The molecule has 0 aliphatic carbocycles. The molecule has 0 unspecified atom stereocenters. The van der Waals surface area contributed by atoms with Gasteiger partial charge in [0.1, 0.15) is 0 Å². The van der Waals surface area contributed by atoms with Crippen LogP contribution < -0.4 is 0 Å². The zero-order valence-corrected chi connectivity index (χ0v) is 18.0. The van der Waals surface area contributed by atoms with Crippen LogP contribution in [-0.4, -0.2) is 47.2 Å². The summed E-state index contributed by atoms with van der Waals surface area (Å²) in [5.41, 5.74) is 6.01. The van der Waals surface area contributed by atoms with Gasteiger partial charge in [0, 0.05) is 22.2 Å². The first-order valence-corrected chi connectivity index (χ1v) is 11.1. The number of hydrogen-bond donors (Lipinski definition) is 1. The Kier molecular flexibility index (Phi) is 5.11. The standard InChI is InChI=1S/C25H30FN3O/c1-15(2)24-21-11-18(17-6-8-29(9-7-17)19-13-30-14-19)4-5-23(21)28-25(24)20-10-16(3)27-12-22(20)26/h4-5,10-12,15,17,19,28H,6-9,13-14H2,1-3H3. The molecule has 30 heavy (non-hydrogen) atoms. The summed E-state index contributed by atoms with van der Waals surface area (Å²) in [6.45, 7) is 10.4. The molecule has 4 heterocycles. The van der Waals surface area contributed by atoms with Crippen molar-refractivity contribution in [2.24, 2.45) is 0 Å². The fourth-order valence-electron chi connectivity index (χ4n) is 5.06. The van der Waals surface area contributed by atoms with Gasteiger partial charge in [-0.2, -0.15) is 0 Å². The van der Waals surface area contributed by atoms with Crippen molar-refractivity contribution in [2.75, 3.05) is 26.3 Å². The number of benzene rings is 1. The molecule has 0 amide bonds. The van der Waals surface area contributed by atoms with Gasteiger partial charge < -0.3 is 9.72 Å². The van der Waals surface area contributed by atoms with Gasteiger partial charge >= 0.3 is 0 Å². The zero-order chi connectivity index (χ0) is 20.8. The number of H-pyrrole nitrogens is 1. The molecular weight excluding hydrogens is 377 g/mol. The third kappa shape index (κ3) is 3.44. The predicted octanol–water partition coefficient (Wildman–Crippen LogP) is 5.38. The zero-order valence-electron chi connectivity index (χ0n) is 18.0. The Balaban J connectivity index is 1.50. The second kappa shape index (κ2) is 7.78. The van der Waals surface area contributed by atoms with Gasteiger partial charge in [0.25, 0.3) is 0 Å². The molecule has 0 bridgehead atoms. The van der Waals surface area contributed by atoms with Gasteiger partial charge in [0.05, 0.1) is 31.1 Å². The van der Waals surface area contributed by atoms with Crippen LogP contribution in [0.2, 0.25) is 0 Å². The van der Waals surface area contributed by atoms with E-state index in [0.29, 0.717) is 17.5 Å². The van der Waals surface area contributed by atoms with E-state index in [1.54, 1.807) is 0 Å². The maximum absolute atomic E-state index is 14.6. The lowest BCUT2D eigenvalue weighted by atomic mass is 9.87. The molecule has 2 fully saturated rings. The van der Waals surface area contributed by atoms with Crippen molar-refractivity contribution >= 4 is 10.9 Å². The van der Waals surface area contributed by atoms with Crippen LogP contribution in [0.25, 0.3) is 22.2 Å². The maximum Gasteiger partial charge on any atom is 0.150 e. The quantitative estimate of drug-likeness (QED) is 0.631. The Bertz CT molecular complexity index is 1060. The number of ether oxygens (including phenoxy) is 1. The molecule has 0 radical (unpaired) electrons. The Hall–Kier alpha value is -2.24. The fourth-order valence-corrected chi connectivity index (χ4v) is 5.06. The van der Waals surface area contributed by atoms with E-state index >= 15 is 0 Å². The van der Waals surface area contributed by atoms with E-state index in [9.17, 15) is 4.39 Å². The van der Waals surface area contributed by atoms with Crippen LogP contribution in [0.3, 0.4) is 0 Å². The van der Waals surface area contributed by atoms with Gasteiger partial charge in [-0.1, -0.05) is 19.9 Å². The molecule has 3 aromatic rings. The van der Waals surface area contributed by atoms with Gasteiger partial charge in [0.15, 0.2) is 5.82 Å². The van der Waals surface area contributed by atoms with E-state index in [0.717, 1.165) is 43.2 Å². The number of nitrogens with one attached hydrogen (secondary N) is 1. The van der Waals surface area contributed by atoms with Crippen LogP contribution in [0.4, 0.5) is 4.39 Å². The Labute approximate surface area is 177 Å². The number of rotatable bonds is 4. The Morgan fingerprint density at radius 1 is 1.17 bits per heavy atom. The number of nitrogens with zero attached hydrogens (tertiary/aromatic N) is 2. The van der Waals surface area contributed by atoms with Gasteiger partial charge in [-0.25, -0.2) is 4.39 Å². The van der Waals surface area contributed by atoms with E-state index in [1.807, 2.05) is 13.0 Å². The molecule has 2 aromatic heterocycles. The lowest BCUT2D eigenvalue weighted by Gasteiger charge is -2.41. The lowest BCUT2D eigenvalue weighted by Crippen LogP contribution is -2.51. The summed E-state index contributed by atoms with van der Waals surface area (Å²) in [7, 11) is 0. The van der Waals surface area contributed by atoms with E-state index < -0.39 is 0 Å². The number of aromatic amines is 1. The van der Waals surface area contributed by atoms with Gasteiger partial charge in [-0.3, -0.25) is 9.88 Å². The van der Waals surface area contributed by atoms with E-state index in [-0.39, 0.29) is 11.7 Å². The smallest absolute Gasteiger partial charge is 0.150 e. The number of halogens is 1. The summed E-state index contributed by atoms with van der Waals surface area (Å²) >= 11 is 0. The van der Waals surface area contributed by atoms with E-state index in [4.69, 9.17) is 4.74 Å². The highest BCUT2D eigenvalue weighted by Gasteiger charge is 2.30. The summed E-state index contributed by atoms with van der Waals surface area (Å²) in [6.07, 6.45) is 3.70. The summed E-state index contributed by atoms with van der Waals surface area (Å²) in [6, 6.07) is 9.26. The van der Waals surface area contributed by atoms with Crippen molar-refractivity contribution in [1.29, 1.82) is 0 Å². The molecule has 158 valence electrons. The average molecular weight is 408 g/mol. The third-order valence-electron chi connectivity index (χ3n) is 6.84. The lowest BCUT2D eigenvalue weighted by molar-refractivity contribution is -0.0712. The number of aromatic nitrogens is 2. The minimum atomic E-state index is -0.276. The number of fused-ring (bicyclic) bond motifs is 1. The van der Waals surface area contributed by atoms with Crippen LogP contribution in [0.1, 0.15) is 55.3 Å². The fraction of sp³-hybridized carbons (Fsp3) is 0.480. The topological polar surface area (TPSA) is 41.2 Å². The Morgan fingerprint density at radius 2 is 1.93 bits per heavy atom. The maximum atomic E-state index is 14.6. The summed E-state index contributed by atoms with van der Waals surface area (Å²) in [4.78, 5) is 10.2.